The first kappa shape index (κ1) is 13.9. The SMILES string of the molecule is CC(C)(CCCN1CCCS1(=O)=O)C(N)=S. The Labute approximate surface area is 103 Å². The molecule has 0 aromatic heterocycles. The Bertz CT molecular complexity index is 363. The summed E-state index contributed by atoms with van der Waals surface area (Å²) in [5.41, 5.74) is 5.44. The van der Waals surface area contributed by atoms with Gasteiger partial charge in [-0.2, -0.15) is 0 Å². The van der Waals surface area contributed by atoms with Gasteiger partial charge in [-0.1, -0.05) is 26.1 Å². The van der Waals surface area contributed by atoms with Crippen molar-refractivity contribution in [3.8, 4) is 0 Å². The summed E-state index contributed by atoms with van der Waals surface area (Å²) < 4.78 is 24.6. The van der Waals surface area contributed by atoms with Gasteiger partial charge in [-0.25, -0.2) is 12.7 Å². The molecule has 94 valence electrons. The third-order valence-corrected chi connectivity index (χ3v) is 5.59. The second-order valence-corrected chi connectivity index (χ2v) is 7.45. The molecule has 1 aliphatic rings. The van der Waals surface area contributed by atoms with Crippen LogP contribution in [0, 0.1) is 5.41 Å². The Morgan fingerprint density at radius 2 is 2.12 bits per heavy atom. The van der Waals surface area contributed by atoms with Gasteiger partial charge in [0.15, 0.2) is 0 Å². The van der Waals surface area contributed by atoms with Crippen LogP contribution in [-0.2, 0) is 10.0 Å². The highest BCUT2D eigenvalue weighted by atomic mass is 32.2. The topological polar surface area (TPSA) is 63.4 Å². The van der Waals surface area contributed by atoms with Crippen molar-refractivity contribution >= 4 is 27.2 Å². The van der Waals surface area contributed by atoms with Crippen molar-refractivity contribution in [3.63, 3.8) is 0 Å². The average Bonchev–Trinajstić information content (AvgIpc) is 2.45. The van der Waals surface area contributed by atoms with Crippen molar-refractivity contribution in [1.29, 1.82) is 0 Å². The predicted octanol–water partition coefficient (Wildman–Crippen LogP) is 1.11. The molecule has 0 spiro atoms. The molecule has 0 aliphatic carbocycles. The molecular formula is C10H20N2O2S2. The molecule has 1 saturated heterocycles. The number of thiocarbonyl (C=S) groups is 1. The van der Waals surface area contributed by atoms with Gasteiger partial charge >= 0.3 is 0 Å². The second-order valence-electron chi connectivity index (χ2n) is 4.92. The van der Waals surface area contributed by atoms with Crippen molar-refractivity contribution in [1.82, 2.24) is 4.31 Å². The highest BCUT2D eigenvalue weighted by Gasteiger charge is 2.28. The molecule has 1 heterocycles. The van der Waals surface area contributed by atoms with Crippen LogP contribution in [0.2, 0.25) is 0 Å². The number of hydrogen-bond donors (Lipinski definition) is 1. The normalized spacial score (nSPS) is 21.1. The highest BCUT2D eigenvalue weighted by Crippen LogP contribution is 2.24. The van der Waals surface area contributed by atoms with Crippen LogP contribution >= 0.6 is 12.2 Å². The number of hydrogen-bond acceptors (Lipinski definition) is 3. The van der Waals surface area contributed by atoms with Crippen molar-refractivity contribution < 1.29 is 8.42 Å². The minimum Gasteiger partial charge on any atom is -0.393 e. The van der Waals surface area contributed by atoms with Gasteiger partial charge in [0.1, 0.15) is 0 Å². The van der Waals surface area contributed by atoms with Gasteiger partial charge in [0, 0.05) is 18.5 Å². The molecule has 0 amide bonds. The molecule has 0 radical (unpaired) electrons. The van der Waals surface area contributed by atoms with E-state index in [2.05, 4.69) is 0 Å². The summed E-state index contributed by atoms with van der Waals surface area (Å²) in [6, 6.07) is 0. The zero-order chi connectivity index (χ0) is 12.4. The molecule has 1 fully saturated rings. The molecule has 0 aromatic rings. The van der Waals surface area contributed by atoms with Crippen molar-refractivity contribution in [2.45, 2.75) is 33.1 Å². The van der Waals surface area contributed by atoms with Gasteiger partial charge in [-0.15, -0.1) is 0 Å². The Hall–Kier alpha value is -0.200. The molecule has 2 N–H and O–H groups in total. The molecule has 1 aliphatic heterocycles. The summed E-state index contributed by atoms with van der Waals surface area (Å²) in [6.45, 7) is 5.24. The van der Waals surface area contributed by atoms with E-state index < -0.39 is 10.0 Å². The van der Waals surface area contributed by atoms with Crippen LogP contribution < -0.4 is 5.73 Å². The van der Waals surface area contributed by atoms with Crippen molar-refractivity contribution in [2.75, 3.05) is 18.8 Å². The lowest BCUT2D eigenvalue weighted by Crippen LogP contribution is -2.32. The number of sulfonamides is 1. The van der Waals surface area contributed by atoms with E-state index in [0.29, 0.717) is 23.8 Å². The Morgan fingerprint density at radius 3 is 2.56 bits per heavy atom. The fraction of sp³-hybridized carbons (Fsp3) is 0.900. The summed E-state index contributed by atoms with van der Waals surface area (Å²) in [4.78, 5) is 0.497. The molecule has 16 heavy (non-hydrogen) atoms. The number of rotatable bonds is 5. The van der Waals surface area contributed by atoms with Crippen molar-refractivity contribution in [2.24, 2.45) is 11.1 Å². The summed E-state index contributed by atoms with van der Waals surface area (Å²) in [6.07, 6.45) is 2.39. The van der Waals surface area contributed by atoms with E-state index in [4.69, 9.17) is 18.0 Å². The van der Waals surface area contributed by atoms with Crippen molar-refractivity contribution in [3.05, 3.63) is 0 Å². The molecule has 6 heteroatoms. The largest absolute Gasteiger partial charge is 0.393 e. The van der Waals surface area contributed by atoms with Crippen LogP contribution in [-0.4, -0.2) is 36.6 Å². The van der Waals surface area contributed by atoms with Crippen LogP contribution in [0.5, 0.6) is 0 Å². The Balaban J connectivity index is 2.39. The molecule has 0 atom stereocenters. The maximum absolute atomic E-state index is 11.5. The molecule has 4 nitrogen and oxygen atoms in total. The highest BCUT2D eigenvalue weighted by molar-refractivity contribution is 7.89. The molecule has 0 bridgehead atoms. The standard InChI is InChI=1S/C10H20N2O2S2/c1-10(2,9(11)15)5-3-6-12-7-4-8-16(12,13)14/h3-8H2,1-2H3,(H2,11,15). The van der Waals surface area contributed by atoms with Crippen LogP contribution in [0.1, 0.15) is 33.1 Å². The van der Waals surface area contributed by atoms with Gasteiger partial charge < -0.3 is 5.73 Å². The first-order valence-electron chi connectivity index (χ1n) is 5.53. The zero-order valence-corrected chi connectivity index (χ0v) is 11.5. The fourth-order valence-electron chi connectivity index (χ4n) is 1.76. The summed E-state index contributed by atoms with van der Waals surface area (Å²) in [5.74, 6) is 0.297. The third-order valence-electron chi connectivity index (χ3n) is 3.08. The minimum absolute atomic E-state index is 0.182. The molecule has 0 saturated carbocycles. The maximum Gasteiger partial charge on any atom is 0.214 e. The van der Waals surface area contributed by atoms with Crippen LogP contribution in [0.15, 0.2) is 0 Å². The summed E-state index contributed by atoms with van der Waals surface area (Å²) in [5, 5.41) is 0. The maximum atomic E-state index is 11.5. The number of nitrogens with zero attached hydrogens (tertiary/aromatic N) is 1. The van der Waals surface area contributed by atoms with E-state index in [9.17, 15) is 8.42 Å². The predicted molar refractivity (Wildman–Crippen MR) is 69.8 cm³/mol. The lowest BCUT2D eigenvalue weighted by molar-refractivity contribution is 0.386. The van der Waals surface area contributed by atoms with Crippen LogP contribution in [0.25, 0.3) is 0 Å². The first-order valence-corrected chi connectivity index (χ1v) is 7.55. The zero-order valence-electron chi connectivity index (χ0n) is 9.90. The Morgan fingerprint density at radius 1 is 1.50 bits per heavy atom. The lowest BCUT2D eigenvalue weighted by Gasteiger charge is -2.24. The fourth-order valence-corrected chi connectivity index (χ4v) is 3.43. The van der Waals surface area contributed by atoms with Gasteiger partial charge in [-0.05, 0) is 19.3 Å². The molecule has 1 rings (SSSR count). The van der Waals surface area contributed by atoms with Gasteiger partial charge in [0.25, 0.3) is 0 Å². The van der Waals surface area contributed by atoms with Crippen LogP contribution in [0.3, 0.4) is 0 Å². The van der Waals surface area contributed by atoms with Gasteiger partial charge in [-0.3, -0.25) is 0 Å². The van der Waals surface area contributed by atoms with Gasteiger partial charge in [0.2, 0.25) is 10.0 Å². The smallest absolute Gasteiger partial charge is 0.214 e. The van der Waals surface area contributed by atoms with Gasteiger partial charge in [0.05, 0.1) is 10.7 Å². The lowest BCUT2D eigenvalue weighted by atomic mass is 9.88. The van der Waals surface area contributed by atoms with E-state index in [1.165, 1.54) is 0 Å². The monoisotopic (exact) mass is 264 g/mol. The molecular weight excluding hydrogens is 244 g/mol. The molecule has 0 aromatic carbocycles. The van der Waals surface area contributed by atoms with E-state index in [0.717, 1.165) is 19.3 Å². The summed E-state index contributed by atoms with van der Waals surface area (Å²) >= 11 is 4.97. The Kier molecular flexibility index (Phi) is 4.31. The third kappa shape index (κ3) is 3.40. The van der Waals surface area contributed by atoms with Crippen LogP contribution in [0.4, 0.5) is 0 Å². The summed E-state index contributed by atoms with van der Waals surface area (Å²) in [7, 11) is -2.96. The first-order chi connectivity index (χ1) is 7.26. The number of nitrogens with two attached hydrogens (primary N) is 1. The van der Waals surface area contributed by atoms with E-state index in [1.807, 2.05) is 13.8 Å². The van der Waals surface area contributed by atoms with E-state index in [-0.39, 0.29) is 5.41 Å². The minimum atomic E-state index is -2.96. The quantitative estimate of drug-likeness (QED) is 0.756. The van der Waals surface area contributed by atoms with E-state index in [1.54, 1.807) is 4.31 Å². The molecule has 0 unspecified atom stereocenters. The second kappa shape index (κ2) is 4.98. The average molecular weight is 264 g/mol. The van der Waals surface area contributed by atoms with E-state index >= 15 is 0 Å².